The van der Waals surface area contributed by atoms with Crippen LogP contribution in [-0.2, 0) is 28.8 Å². The highest BCUT2D eigenvalue weighted by molar-refractivity contribution is 6.10. The van der Waals surface area contributed by atoms with Gasteiger partial charge in [-0.15, -0.1) is 5.06 Å². The van der Waals surface area contributed by atoms with E-state index in [0.717, 1.165) is 0 Å². The zero-order chi connectivity index (χ0) is 20.3. The average molecular weight is 390 g/mol. The number of nitrogens with one attached hydrogen (secondary N) is 2. The molecule has 11 heteroatoms. The van der Waals surface area contributed by atoms with Gasteiger partial charge in [0.15, 0.2) is 11.3 Å². The number of amides is 2. The topological polar surface area (TPSA) is 144 Å². The van der Waals surface area contributed by atoms with Crippen LogP contribution in [0.15, 0.2) is 18.3 Å². The molecule has 28 heavy (non-hydrogen) atoms. The number of carbonyl (C=O) groups is 5. The van der Waals surface area contributed by atoms with Crippen molar-refractivity contribution in [3.8, 4) is 0 Å². The van der Waals surface area contributed by atoms with Crippen LogP contribution in [0.1, 0.15) is 42.5 Å². The lowest BCUT2D eigenvalue weighted by Gasteiger charge is -2.26. The summed E-state index contributed by atoms with van der Waals surface area (Å²) in [6, 6.07) is 2.76. The molecule has 1 aromatic rings. The number of hydrogen-bond donors (Lipinski definition) is 2. The van der Waals surface area contributed by atoms with Crippen molar-refractivity contribution in [1.82, 2.24) is 15.5 Å². The third-order valence-corrected chi connectivity index (χ3v) is 4.55. The molecule has 1 atom stereocenters. The number of ketones is 1. The average Bonchev–Trinajstić information content (AvgIpc) is 3.23. The molecular weight excluding hydrogens is 372 g/mol. The van der Waals surface area contributed by atoms with Gasteiger partial charge in [0.1, 0.15) is 5.82 Å². The predicted octanol–water partition coefficient (Wildman–Crippen LogP) is -0.116. The van der Waals surface area contributed by atoms with Gasteiger partial charge < -0.3 is 15.0 Å². The number of carbonyl (C=O) groups excluding carboxylic acids is 5. The smallest absolute Gasteiger partial charge is 0.365 e. The van der Waals surface area contributed by atoms with Crippen molar-refractivity contribution in [2.75, 3.05) is 12.5 Å². The van der Waals surface area contributed by atoms with Crippen molar-refractivity contribution in [3.63, 3.8) is 0 Å². The molecule has 2 heterocycles. The fourth-order valence-corrected chi connectivity index (χ4v) is 2.99. The molecular formula is C17H18N4O7. The minimum Gasteiger partial charge on any atom is -0.467 e. The Kier molecular flexibility index (Phi) is 5.36. The Morgan fingerprint density at radius 3 is 2.39 bits per heavy atom. The van der Waals surface area contributed by atoms with Crippen LogP contribution < -0.4 is 10.9 Å². The van der Waals surface area contributed by atoms with Crippen LogP contribution in [0.4, 0.5) is 5.82 Å². The molecule has 3 rings (SSSR count). The maximum atomic E-state index is 12.1. The Bertz CT molecular complexity index is 822. The van der Waals surface area contributed by atoms with Gasteiger partial charge >= 0.3 is 11.9 Å². The van der Waals surface area contributed by atoms with Crippen molar-refractivity contribution in [2.45, 2.75) is 37.6 Å². The fraction of sp³-hybridized carbons (Fsp3) is 0.412. The first-order valence-corrected chi connectivity index (χ1v) is 8.56. The minimum atomic E-state index is -1.48. The number of esters is 1. The van der Waals surface area contributed by atoms with E-state index >= 15 is 0 Å². The second kappa shape index (κ2) is 7.72. The maximum Gasteiger partial charge on any atom is 0.365 e. The second-order valence-corrected chi connectivity index (χ2v) is 6.32. The van der Waals surface area contributed by atoms with E-state index in [9.17, 15) is 24.0 Å². The molecule has 2 fully saturated rings. The van der Waals surface area contributed by atoms with Crippen LogP contribution in [-0.4, -0.2) is 52.2 Å². The number of anilines is 1. The number of ether oxygens (including phenoxy) is 1. The Labute approximate surface area is 159 Å². The summed E-state index contributed by atoms with van der Waals surface area (Å²) >= 11 is 0. The Hall–Kier alpha value is -3.34. The van der Waals surface area contributed by atoms with Crippen molar-refractivity contribution < 1.29 is 33.5 Å². The highest BCUT2D eigenvalue weighted by Crippen LogP contribution is 2.27. The lowest BCUT2D eigenvalue weighted by atomic mass is 9.98. The van der Waals surface area contributed by atoms with Gasteiger partial charge in [0.2, 0.25) is 0 Å². The fourth-order valence-electron chi connectivity index (χ4n) is 2.99. The van der Waals surface area contributed by atoms with Gasteiger partial charge in [-0.25, -0.2) is 20.0 Å². The number of hydroxylamine groups is 2. The van der Waals surface area contributed by atoms with Crippen LogP contribution in [0, 0.1) is 0 Å². The Morgan fingerprint density at radius 2 is 1.86 bits per heavy atom. The number of hydrazine groups is 1. The monoisotopic (exact) mass is 390 g/mol. The highest BCUT2D eigenvalue weighted by atomic mass is 16.7. The second-order valence-electron chi connectivity index (χ2n) is 6.32. The molecule has 0 aromatic carbocycles. The summed E-state index contributed by atoms with van der Waals surface area (Å²) in [7, 11) is 1.20. The Balaban J connectivity index is 1.63. The number of methoxy groups -OCH3 is 1. The van der Waals surface area contributed by atoms with Crippen LogP contribution >= 0.6 is 0 Å². The quantitative estimate of drug-likeness (QED) is 0.292. The highest BCUT2D eigenvalue weighted by Gasteiger charge is 2.50. The summed E-state index contributed by atoms with van der Waals surface area (Å²) in [5, 5.41) is 0.446. The van der Waals surface area contributed by atoms with Gasteiger partial charge in [0, 0.05) is 25.5 Å². The normalized spacial score (nSPS) is 21.8. The lowest BCUT2D eigenvalue weighted by Crippen LogP contribution is -2.58. The number of Topliss-reactive ketones (excluding diaryl/α,β-unsaturated/α-hetero) is 1. The SMILES string of the molecule is COC(=O)C1(NNc2ccc(C(=O)ON3C(=O)CCC3=O)cn2)CCCC1=O. The van der Waals surface area contributed by atoms with Crippen molar-refractivity contribution in [1.29, 1.82) is 0 Å². The van der Waals surface area contributed by atoms with Crippen molar-refractivity contribution in [2.24, 2.45) is 0 Å². The zero-order valence-corrected chi connectivity index (χ0v) is 15.0. The number of nitrogens with zero attached hydrogens (tertiary/aromatic N) is 2. The van der Waals surface area contributed by atoms with E-state index in [-0.39, 0.29) is 42.8 Å². The predicted molar refractivity (Wildman–Crippen MR) is 91.1 cm³/mol. The standard InChI is InChI=1S/C17H18N4O7/c1-27-16(26)17(8-2-3-11(17)22)20-19-12-5-4-10(9-18-12)15(25)28-21-13(23)6-7-14(21)24/h4-5,9,20H,2-3,6-8H2,1H3,(H,18,19). The zero-order valence-electron chi connectivity index (χ0n) is 15.0. The molecule has 2 amide bonds. The molecule has 1 unspecified atom stereocenters. The van der Waals surface area contributed by atoms with Gasteiger partial charge in [0.05, 0.1) is 12.7 Å². The molecule has 11 nitrogen and oxygen atoms in total. The van der Waals surface area contributed by atoms with Gasteiger partial charge in [-0.3, -0.25) is 14.4 Å². The van der Waals surface area contributed by atoms with E-state index < -0.39 is 29.3 Å². The molecule has 2 aliphatic rings. The molecule has 148 valence electrons. The van der Waals surface area contributed by atoms with Gasteiger partial charge in [0.25, 0.3) is 11.8 Å². The maximum absolute atomic E-state index is 12.1. The molecule has 1 aromatic heterocycles. The first kappa shape index (κ1) is 19.4. The molecule has 2 N–H and O–H groups in total. The largest absolute Gasteiger partial charge is 0.467 e. The third kappa shape index (κ3) is 3.56. The van der Waals surface area contributed by atoms with Crippen LogP contribution in [0.2, 0.25) is 0 Å². The first-order chi connectivity index (χ1) is 13.4. The van der Waals surface area contributed by atoms with Gasteiger partial charge in [-0.2, -0.15) is 0 Å². The molecule has 0 radical (unpaired) electrons. The number of pyridine rings is 1. The number of hydrogen-bond acceptors (Lipinski definition) is 10. The van der Waals surface area contributed by atoms with Crippen molar-refractivity contribution >= 4 is 35.4 Å². The van der Waals surface area contributed by atoms with Crippen LogP contribution in [0.5, 0.6) is 0 Å². The molecule has 0 bridgehead atoms. The Morgan fingerprint density at radius 1 is 1.14 bits per heavy atom. The van der Waals surface area contributed by atoms with E-state index in [4.69, 9.17) is 9.57 Å². The number of aromatic nitrogens is 1. The van der Waals surface area contributed by atoms with Crippen molar-refractivity contribution in [3.05, 3.63) is 23.9 Å². The molecule has 1 saturated carbocycles. The van der Waals surface area contributed by atoms with E-state index in [1.54, 1.807) is 0 Å². The minimum absolute atomic E-state index is 0.000441. The summed E-state index contributed by atoms with van der Waals surface area (Å²) in [6.07, 6.45) is 2.26. The first-order valence-electron chi connectivity index (χ1n) is 8.56. The summed E-state index contributed by atoms with van der Waals surface area (Å²) in [5.41, 5.74) is 3.88. The summed E-state index contributed by atoms with van der Waals surface area (Å²) in [4.78, 5) is 68.0. The molecule has 1 saturated heterocycles. The number of rotatable bonds is 6. The van der Waals surface area contributed by atoms with E-state index in [0.29, 0.717) is 11.5 Å². The van der Waals surface area contributed by atoms with Crippen LogP contribution in [0.3, 0.4) is 0 Å². The summed E-state index contributed by atoms with van der Waals surface area (Å²) in [5.74, 6) is -2.82. The summed E-state index contributed by atoms with van der Waals surface area (Å²) in [6.45, 7) is 0. The van der Waals surface area contributed by atoms with Gasteiger partial charge in [-0.1, -0.05) is 0 Å². The molecule has 0 spiro atoms. The summed E-state index contributed by atoms with van der Waals surface area (Å²) < 4.78 is 4.72. The van der Waals surface area contributed by atoms with E-state index in [1.807, 2.05) is 0 Å². The number of imide groups is 1. The third-order valence-electron chi connectivity index (χ3n) is 4.55. The van der Waals surface area contributed by atoms with Gasteiger partial charge in [-0.05, 0) is 25.0 Å². The lowest BCUT2D eigenvalue weighted by molar-refractivity contribution is -0.172. The van der Waals surface area contributed by atoms with E-state index in [1.165, 1.54) is 25.4 Å². The molecule has 1 aliphatic carbocycles. The molecule has 1 aliphatic heterocycles. The van der Waals surface area contributed by atoms with E-state index in [2.05, 4.69) is 15.8 Å². The van der Waals surface area contributed by atoms with Crippen LogP contribution in [0.25, 0.3) is 0 Å².